The summed E-state index contributed by atoms with van der Waals surface area (Å²) in [6, 6.07) is 14.6. The van der Waals surface area contributed by atoms with E-state index in [-0.39, 0.29) is 23.8 Å². The predicted molar refractivity (Wildman–Crippen MR) is 103 cm³/mol. The van der Waals surface area contributed by atoms with Crippen LogP contribution < -0.4 is 10.2 Å². The van der Waals surface area contributed by atoms with Gasteiger partial charge in [-0.1, -0.05) is 56.6 Å². The van der Waals surface area contributed by atoms with Crippen LogP contribution in [-0.2, 0) is 15.0 Å². The largest absolute Gasteiger partial charge is 0.324 e. The van der Waals surface area contributed by atoms with Gasteiger partial charge in [0.1, 0.15) is 6.54 Å². The lowest BCUT2D eigenvalue weighted by atomic mass is 9.85. The lowest BCUT2D eigenvalue weighted by molar-refractivity contribution is -0.120. The van der Waals surface area contributed by atoms with E-state index in [0.717, 1.165) is 11.3 Å². The third-order valence-electron chi connectivity index (χ3n) is 3.79. The van der Waals surface area contributed by atoms with Crippen molar-refractivity contribution in [3.8, 4) is 0 Å². The van der Waals surface area contributed by atoms with E-state index in [9.17, 15) is 9.59 Å². The Morgan fingerprint density at radius 3 is 2.36 bits per heavy atom. The molecule has 25 heavy (non-hydrogen) atoms. The maximum atomic E-state index is 12.4. The van der Waals surface area contributed by atoms with E-state index < -0.39 is 0 Å². The lowest BCUT2D eigenvalue weighted by Gasteiger charge is -2.29. The monoisotopic (exact) mass is 358 g/mol. The van der Waals surface area contributed by atoms with E-state index in [1.165, 1.54) is 11.8 Å². The molecule has 0 saturated heterocycles. The number of benzene rings is 2. The second kappa shape index (κ2) is 7.70. The van der Waals surface area contributed by atoms with Gasteiger partial charge in [0.05, 0.1) is 0 Å². The number of nitrogens with zero attached hydrogens (tertiary/aromatic N) is 1. The van der Waals surface area contributed by atoms with Crippen LogP contribution in [-0.4, -0.2) is 18.4 Å². The number of para-hydroxylation sites is 1. The van der Waals surface area contributed by atoms with Gasteiger partial charge in [0.25, 0.3) is 0 Å². The molecule has 0 spiro atoms. The quantitative estimate of drug-likeness (QED) is 0.866. The van der Waals surface area contributed by atoms with Crippen LogP contribution in [0, 0.1) is 0 Å². The molecule has 0 bridgehead atoms. The molecule has 2 aromatic carbocycles. The van der Waals surface area contributed by atoms with Gasteiger partial charge in [-0.25, -0.2) is 0 Å². The first kappa shape index (κ1) is 19.0. The van der Waals surface area contributed by atoms with Crippen LogP contribution in [0.4, 0.5) is 11.4 Å². The van der Waals surface area contributed by atoms with Gasteiger partial charge in [0.2, 0.25) is 11.8 Å². The Balaban J connectivity index is 2.25. The summed E-state index contributed by atoms with van der Waals surface area (Å²) in [5, 5.41) is 3.32. The van der Waals surface area contributed by atoms with Crippen molar-refractivity contribution in [2.45, 2.75) is 33.1 Å². The zero-order chi connectivity index (χ0) is 18.6. The molecule has 0 aliphatic carbocycles. The van der Waals surface area contributed by atoms with Gasteiger partial charge in [0.15, 0.2) is 0 Å². The molecule has 2 amide bonds. The van der Waals surface area contributed by atoms with E-state index in [0.29, 0.717) is 10.7 Å². The molecule has 2 aromatic rings. The third-order valence-corrected chi connectivity index (χ3v) is 4.03. The minimum atomic E-state index is -0.277. The van der Waals surface area contributed by atoms with E-state index in [2.05, 4.69) is 26.1 Å². The second-order valence-electron chi connectivity index (χ2n) is 6.93. The maximum absolute atomic E-state index is 12.4. The summed E-state index contributed by atoms with van der Waals surface area (Å²) in [6.45, 7) is 7.64. The van der Waals surface area contributed by atoms with Crippen LogP contribution in [0.5, 0.6) is 0 Å². The second-order valence-corrected chi connectivity index (χ2v) is 7.37. The number of carbonyl (C=O) groups excluding carboxylic acids is 2. The van der Waals surface area contributed by atoms with Crippen LogP contribution in [0.15, 0.2) is 48.5 Å². The molecule has 0 fully saturated rings. The molecule has 0 atom stereocenters. The molecular formula is C20H23ClN2O2. The van der Waals surface area contributed by atoms with Crippen molar-refractivity contribution in [1.29, 1.82) is 0 Å². The molecule has 2 rings (SSSR count). The minimum Gasteiger partial charge on any atom is -0.324 e. The summed E-state index contributed by atoms with van der Waals surface area (Å²) in [4.78, 5) is 26.1. The van der Waals surface area contributed by atoms with Crippen LogP contribution >= 0.6 is 11.6 Å². The molecule has 0 heterocycles. The van der Waals surface area contributed by atoms with Crippen molar-refractivity contribution in [2.75, 3.05) is 16.8 Å². The number of hydrogen-bond acceptors (Lipinski definition) is 2. The zero-order valence-electron chi connectivity index (χ0n) is 15.0. The fourth-order valence-corrected chi connectivity index (χ4v) is 2.81. The fourth-order valence-electron chi connectivity index (χ4n) is 2.62. The van der Waals surface area contributed by atoms with Crippen molar-refractivity contribution in [1.82, 2.24) is 0 Å². The van der Waals surface area contributed by atoms with Crippen molar-refractivity contribution >= 4 is 34.8 Å². The first-order valence-corrected chi connectivity index (χ1v) is 8.49. The number of anilines is 2. The summed E-state index contributed by atoms with van der Waals surface area (Å²) < 4.78 is 0. The highest BCUT2D eigenvalue weighted by atomic mass is 35.5. The van der Waals surface area contributed by atoms with E-state index in [1.54, 1.807) is 24.3 Å². The summed E-state index contributed by atoms with van der Waals surface area (Å²) in [6.07, 6.45) is 0. The summed E-state index contributed by atoms with van der Waals surface area (Å²) in [7, 11) is 0. The van der Waals surface area contributed by atoms with Gasteiger partial charge in [-0.15, -0.1) is 0 Å². The third kappa shape index (κ3) is 5.07. The standard InChI is InChI=1S/C20H23ClN2O2/c1-14(24)23(18-11-6-5-10-17(18)20(2,3)4)13-19(25)22-16-9-7-8-15(21)12-16/h5-12H,13H2,1-4H3,(H,22,25). The normalized spacial score (nSPS) is 11.1. The average molecular weight is 359 g/mol. The first-order chi connectivity index (χ1) is 11.7. The Bertz CT molecular complexity index is 781. The van der Waals surface area contributed by atoms with Gasteiger partial charge in [-0.05, 0) is 35.2 Å². The molecule has 0 aliphatic rings. The highest BCUT2D eigenvalue weighted by molar-refractivity contribution is 6.30. The zero-order valence-corrected chi connectivity index (χ0v) is 15.7. The van der Waals surface area contributed by atoms with Gasteiger partial charge in [-0.3, -0.25) is 9.59 Å². The maximum Gasteiger partial charge on any atom is 0.244 e. The smallest absolute Gasteiger partial charge is 0.244 e. The molecule has 1 N–H and O–H groups in total. The van der Waals surface area contributed by atoms with Gasteiger partial charge in [-0.2, -0.15) is 0 Å². The number of nitrogens with one attached hydrogen (secondary N) is 1. The summed E-state index contributed by atoms with van der Waals surface area (Å²) in [5.74, 6) is -0.459. The predicted octanol–water partition coefficient (Wildman–Crippen LogP) is 4.63. The molecule has 132 valence electrons. The van der Waals surface area contributed by atoms with Gasteiger partial charge >= 0.3 is 0 Å². The molecule has 0 saturated carbocycles. The molecule has 0 unspecified atom stereocenters. The molecule has 5 heteroatoms. The highest BCUT2D eigenvalue weighted by Gasteiger charge is 2.24. The topological polar surface area (TPSA) is 49.4 Å². The van der Waals surface area contributed by atoms with Gasteiger partial charge in [0, 0.05) is 23.3 Å². The average Bonchev–Trinajstić information content (AvgIpc) is 2.51. The SMILES string of the molecule is CC(=O)N(CC(=O)Nc1cccc(Cl)c1)c1ccccc1C(C)(C)C. The number of rotatable bonds is 4. The molecule has 0 radical (unpaired) electrons. The Kier molecular flexibility index (Phi) is 5.85. The summed E-state index contributed by atoms with van der Waals surface area (Å²) >= 11 is 5.94. The van der Waals surface area contributed by atoms with Crippen molar-refractivity contribution in [2.24, 2.45) is 0 Å². The highest BCUT2D eigenvalue weighted by Crippen LogP contribution is 2.32. The first-order valence-electron chi connectivity index (χ1n) is 8.11. The Hall–Kier alpha value is -2.33. The van der Waals surface area contributed by atoms with Crippen molar-refractivity contribution in [3.63, 3.8) is 0 Å². The van der Waals surface area contributed by atoms with E-state index in [4.69, 9.17) is 11.6 Å². The number of hydrogen-bond donors (Lipinski definition) is 1. The molecule has 0 aliphatic heterocycles. The minimum absolute atomic E-state index is 0.0606. The van der Waals surface area contributed by atoms with Crippen LogP contribution in [0.3, 0.4) is 0 Å². The fraction of sp³-hybridized carbons (Fsp3) is 0.300. The Morgan fingerprint density at radius 1 is 1.08 bits per heavy atom. The van der Waals surface area contributed by atoms with E-state index in [1.807, 2.05) is 24.3 Å². The number of amides is 2. The number of halogens is 1. The van der Waals surface area contributed by atoms with Crippen molar-refractivity contribution < 1.29 is 9.59 Å². The van der Waals surface area contributed by atoms with E-state index >= 15 is 0 Å². The van der Waals surface area contributed by atoms with Crippen LogP contribution in [0.25, 0.3) is 0 Å². The van der Waals surface area contributed by atoms with Crippen molar-refractivity contribution in [3.05, 3.63) is 59.1 Å². The molecular weight excluding hydrogens is 336 g/mol. The van der Waals surface area contributed by atoms with Crippen LogP contribution in [0.1, 0.15) is 33.3 Å². The van der Waals surface area contributed by atoms with Gasteiger partial charge < -0.3 is 10.2 Å². The Morgan fingerprint density at radius 2 is 1.76 bits per heavy atom. The lowest BCUT2D eigenvalue weighted by Crippen LogP contribution is -2.38. The van der Waals surface area contributed by atoms with Crippen LogP contribution in [0.2, 0.25) is 5.02 Å². The molecule has 0 aromatic heterocycles. The molecule has 4 nitrogen and oxygen atoms in total. The Labute approximate surface area is 153 Å². The number of carbonyl (C=O) groups is 2. The summed E-state index contributed by atoms with van der Waals surface area (Å²) in [5.41, 5.74) is 2.22.